The van der Waals surface area contributed by atoms with E-state index < -0.39 is 5.82 Å². The van der Waals surface area contributed by atoms with Crippen LogP contribution in [0.15, 0.2) is 42.5 Å². The zero-order valence-electron chi connectivity index (χ0n) is 9.74. The van der Waals surface area contributed by atoms with E-state index in [2.05, 4.69) is 0 Å². The normalized spacial score (nSPS) is 10.1. The number of benzene rings is 2. The van der Waals surface area contributed by atoms with Crippen molar-refractivity contribution in [3.63, 3.8) is 0 Å². The van der Waals surface area contributed by atoms with Gasteiger partial charge in [0.1, 0.15) is 0 Å². The van der Waals surface area contributed by atoms with Crippen LogP contribution >= 0.6 is 0 Å². The van der Waals surface area contributed by atoms with Gasteiger partial charge in [-0.3, -0.25) is 0 Å². The third-order valence-electron chi connectivity index (χ3n) is 2.44. The Balaban J connectivity index is 2.37. The van der Waals surface area contributed by atoms with Gasteiger partial charge in [0, 0.05) is 0 Å². The summed E-state index contributed by atoms with van der Waals surface area (Å²) in [4.78, 5) is 0. The summed E-state index contributed by atoms with van der Waals surface area (Å²) in [5.74, 6) is 0.931. The van der Waals surface area contributed by atoms with Crippen LogP contribution in [0, 0.1) is 12.7 Å². The fourth-order valence-corrected chi connectivity index (χ4v) is 1.61. The Hall–Kier alpha value is -2.03. The van der Waals surface area contributed by atoms with Crippen LogP contribution < -0.4 is 9.47 Å². The first-order valence-corrected chi connectivity index (χ1v) is 5.28. The zero-order chi connectivity index (χ0) is 12.3. The molecule has 2 nitrogen and oxygen atoms in total. The molecule has 0 aliphatic rings. The Kier molecular flexibility index (Phi) is 3.28. The molecule has 2 aromatic carbocycles. The summed E-state index contributed by atoms with van der Waals surface area (Å²) < 4.78 is 24.2. The quantitative estimate of drug-likeness (QED) is 0.798. The Bertz CT molecular complexity index is 523. The molecule has 0 atom stereocenters. The van der Waals surface area contributed by atoms with E-state index in [0.717, 1.165) is 5.56 Å². The smallest absolute Gasteiger partial charge is 0.169 e. The average Bonchev–Trinajstić information content (AvgIpc) is 2.32. The monoisotopic (exact) mass is 232 g/mol. The number of rotatable bonds is 3. The molecule has 0 saturated carbocycles. The number of hydrogen-bond acceptors (Lipinski definition) is 2. The van der Waals surface area contributed by atoms with Gasteiger partial charge in [-0.15, -0.1) is 0 Å². The molecule has 0 heterocycles. The van der Waals surface area contributed by atoms with Gasteiger partial charge in [0.15, 0.2) is 23.1 Å². The number of methoxy groups -OCH3 is 1. The van der Waals surface area contributed by atoms with Crippen molar-refractivity contribution >= 4 is 0 Å². The third-order valence-corrected chi connectivity index (χ3v) is 2.44. The highest BCUT2D eigenvalue weighted by Gasteiger charge is 2.10. The van der Waals surface area contributed by atoms with Crippen molar-refractivity contribution in [2.75, 3.05) is 7.11 Å². The van der Waals surface area contributed by atoms with Crippen LogP contribution in [0.2, 0.25) is 0 Å². The van der Waals surface area contributed by atoms with E-state index in [0.29, 0.717) is 11.5 Å². The van der Waals surface area contributed by atoms with Crippen molar-refractivity contribution < 1.29 is 13.9 Å². The molecule has 0 unspecified atom stereocenters. The predicted molar refractivity (Wildman–Crippen MR) is 64.2 cm³/mol. The van der Waals surface area contributed by atoms with Crippen molar-refractivity contribution in [2.45, 2.75) is 6.92 Å². The second-order valence-electron chi connectivity index (χ2n) is 3.64. The van der Waals surface area contributed by atoms with Gasteiger partial charge in [0.2, 0.25) is 0 Å². The second kappa shape index (κ2) is 4.87. The van der Waals surface area contributed by atoms with Gasteiger partial charge in [0.25, 0.3) is 0 Å². The summed E-state index contributed by atoms with van der Waals surface area (Å²) in [6.45, 7) is 1.91. The summed E-state index contributed by atoms with van der Waals surface area (Å²) in [7, 11) is 1.57. The molecule has 88 valence electrons. The van der Waals surface area contributed by atoms with Crippen LogP contribution in [0.4, 0.5) is 4.39 Å². The molecule has 0 spiro atoms. The number of ether oxygens (including phenoxy) is 2. The average molecular weight is 232 g/mol. The van der Waals surface area contributed by atoms with E-state index in [1.54, 1.807) is 31.4 Å². The lowest BCUT2D eigenvalue weighted by atomic mass is 10.2. The van der Waals surface area contributed by atoms with Crippen LogP contribution in [0.5, 0.6) is 17.2 Å². The lowest BCUT2D eigenvalue weighted by Crippen LogP contribution is -1.93. The standard InChI is InChI=1S/C14H13FO2/c1-10-6-5-9-13(14(10)16-2)17-12-8-4-3-7-11(12)15/h3-9H,1-2H3. The van der Waals surface area contributed by atoms with Gasteiger partial charge in [0.05, 0.1) is 7.11 Å². The summed E-state index contributed by atoms with van der Waals surface area (Å²) in [6, 6.07) is 11.8. The maximum Gasteiger partial charge on any atom is 0.169 e. The van der Waals surface area contributed by atoms with Gasteiger partial charge >= 0.3 is 0 Å². The number of para-hydroxylation sites is 2. The van der Waals surface area contributed by atoms with Gasteiger partial charge < -0.3 is 9.47 Å². The third kappa shape index (κ3) is 2.38. The Morgan fingerprint density at radius 3 is 2.35 bits per heavy atom. The van der Waals surface area contributed by atoms with E-state index in [4.69, 9.17) is 9.47 Å². The van der Waals surface area contributed by atoms with Gasteiger partial charge in [-0.25, -0.2) is 4.39 Å². The van der Waals surface area contributed by atoms with Crippen molar-refractivity contribution in [1.29, 1.82) is 0 Å². The van der Waals surface area contributed by atoms with Crippen LogP contribution in [-0.4, -0.2) is 7.11 Å². The molecule has 0 fully saturated rings. The molecule has 0 aliphatic heterocycles. The summed E-state index contributed by atoms with van der Waals surface area (Å²) >= 11 is 0. The SMILES string of the molecule is COc1c(C)cccc1Oc1ccccc1F. The number of hydrogen-bond donors (Lipinski definition) is 0. The van der Waals surface area contributed by atoms with Crippen LogP contribution in [0.3, 0.4) is 0 Å². The minimum absolute atomic E-state index is 0.191. The second-order valence-corrected chi connectivity index (χ2v) is 3.64. The molecule has 0 radical (unpaired) electrons. The molecule has 0 amide bonds. The lowest BCUT2D eigenvalue weighted by molar-refractivity contribution is 0.368. The Morgan fingerprint density at radius 1 is 0.941 bits per heavy atom. The largest absolute Gasteiger partial charge is 0.493 e. The fraction of sp³-hybridized carbons (Fsp3) is 0.143. The molecule has 2 aromatic rings. The predicted octanol–water partition coefficient (Wildman–Crippen LogP) is 3.94. The molecule has 2 rings (SSSR count). The fourth-order valence-electron chi connectivity index (χ4n) is 1.61. The Labute approximate surface area is 99.6 Å². The molecule has 0 aliphatic carbocycles. The molecule has 0 N–H and O–H groups in total. The first-order valence-electron chi connectivity index (χ1n) is 5.28. The van der Waals surface area contributed by atoms with E-state index in [-0.39, 0.29) is 5.75 Å². The molecule has 0 saturated heterocycles. The van der Waals surface area contributed by atoms with E-state index in [1.165, 1.54) is 6.07 Å². The van der Waals surface area contributed by atoms with Gasteiger partial charge in [-0.05, 0) is 30.7 Å². The number of halogens is 1. The first-order chi connectivity index (χ1) is 8.22. The van der Waals surface area contributed by atoms with Crippen LogP contribution in [0.25, 0.3) is 0 Å². The number of aryl methyl sites for hydroxylation is 1. The topological polar surface area (TPSA) is 18.5 Å². The molecule has 0 bridgehead atoms. The van der Waals surface area contributed by atoms with Crippen molar-refractivity contribution in [3.05, 3.63) is 53.8 Å². The highest BCUT2D eigenvalue weighted by molar-refractivity contribution is 5.48. The lowest BCUT2D eigenvalue weighted by Gasteiger charge is -2.12. The molecule has 3 heteroatoms. The maximum absolute atomic E-state index is 13.4. The van der Waals surface area contributed by atoms with E-state index in [1.807, 2.05) is 19.1 Å². The van der Waals surface area contributed by atoms with Crippen molar-refractivity contribution in [3.8, 4) is 17.2 Å². The van der Waals surface area contributed by atoms with Crippen LogP contribution in [0.1, 0.15) is 5.56 Å². The van der Waals surface area contributed by atoms with Gasteiger partial charge in [-0.2, -0.15) is 0 Å². The first kappa shape index (κ1) is 11.5. The minimum Gasteiger partial charge on any atom is -0.493 e. The minimum atomic E-state index is -0.393. The zero-order valence-corrected chi connectivity index (χ0v) is 9.74. The highest BCUT2D eigenvalue weighted by Crippen LogP contribution is 2.34. The summed E-state index contributed by atoms with van der Waals surface area (Å²) in [6.07, 6.45) is 0. The highest BCUT2D eigenvalue weighted by atomic mass is 19.1. The van der Waals surface area contributed by atoms with Gasteiger partial charge in [-0.1, -0.05) is 24.3 Å². The van der Waals surface area contributed by atoms with E-state index in [9.17, 15) is 4.39 Å². The van der Waals surface area contributed by atoms with Crippen LogP contribution in [-0.2, 0) is 0 Å². The summed E-state index contributed by atoms with van der Waals surface area (Å²) in [5, 5.41) is 0. The Morgan fingerprint density at radius 2 is 1.65 bits per heavy atom. The van der Waals surface area contributed by atoms with Crippen molar-refractivity contribution in [1.82, 2.24) is 0 Å². The maximum atomic E-state index is 13.4. The molecular weight excluding hydrogens is 219 g/mol. The van der Waals surface area contributed by atoms with Crippen molar-refractivity contribution in [2.24, 2.45) is 0 Å². The summed E-state index contributed by atoms with van der Waals surface area (Å²) in [5.41, 5.74) is 0.946. The van der Waals surface area contributed by atoms with E-state index >= 15 is 0 Å². The molecular formula is C14H13FO2. The molecule has 0 aromatic heterocycles. The molecule has 17 heavy (non-hydrogen) atoms.